The van der Waals surface area contributed by atoms with E-state index in [2.05, 4.69) is 5.10 Å². The van der Waals surface area contributed by atoms with Crippen LogP contribution in [0.1, 0.15) is 27.9 Å². The number of allylic oxidation sites excluding steroid dienone is 2. The van der Waals surface area contributed by atoms with E-state index in [1.807, 2.05) is 12.2 Å². The number of nitro groups is 1. The number of rotatable bonds is 5. The van der Waals surface area contributed by atoms with Crippen LogP contribution < -0.4 is 4.74 Å². The molecule has 2 fully saturated rings. The molecule has 1 saturated heterocycles. The lowest BCUT2D eigenvalue weighted by molar-refractivity contribution is -0.385. The van der Waals surface area contributed by atoms with Crippen LogP contribution in [0, 0.1) is 40.7 Å². The summed E-state index contributed by atoms with van der Waals surface area (Å²) >= 11 is 0. The number of benzene rings is 2. The number of ether oxygens (including phenoxy) is 1. The highest BCUT2D eigenvalue weighted by Crippen LogP contribution is 2.52. The average molecular weight is 445 g/mol. The van der Waals surface area contributed by atoms with Gasteiger partial charge in [0.05, 0.1) is 28.5 Å². The van der Waals surface area contributed by atoms with Crippen molar-refractivity contribution in [2.24, 2.45) is 28.8 Å². The number of nitrogens with zero attached hydrogens (tertiary/aromatic N) is 3. The van der Waals surface area contributed by atoms with Gasteiger partial charge in [0, 0.05) is 11.6 Å². The summed E-state index contributed by atoms with van der Waals surface area (Å²) in [5.74, 6) is -2.56. The van der Waals surface area contributed by atoms with E-state index >= 15 is 0 Å². The van der Waals surface area contributed by atoms with E-state index in [4.69, 9.17) is 4.74 Å². The fourth-order valence-electron chi connectivity index (χ4n) is 4.94. The second-order valence-corrected chi connectivity index (χ2v) is 8.44. The predicted octanol–water partition coefficient (Wildman–Crippen LogP) is 3.26. The number of nitro benzene ring substituents is 1. The summed E-state index contributed by atoms with van der Waals surface area (Å²) in [6.07, 6.45) is 5.91. The van der Waals surface area contributed by atoms with Crippen LogP contribution in [-0.2, 0) is 9.59 Å². The minimum Gasteiger partial charge on any atom is -0.415 e. The Kier molecular flexibility index (Phi) is 4.88. The van der Waals surface area contributed by atoms with Gasteiger partial charge in [-0.2, -0.15) is 10.1 Å². The molecule has 2 bridgehead atoms. The molecular formula is C24H19N3O6. The van der Waals surface area contributed by atoms with E-state index in [9.17, 15) is 24.5 Å². The fraction of sp³-hybridized carbons (Fsp3) is 0.250. The van der Waals surface area contributed by atoms with Crippen LogP contribution in [0.2, 0.25) is 0 Å². The smallest absolute Gasteiger partial charge is 0.343 e. The molecule has 0 N–H and O–H groups in total. The Morgan fingerprint density at radius 1 is 1.12 bits per heavy atom. The van der Waals surface area contributed by atoms with E-state index in [-0.39, 0.29) is 40.5 Å². The first-order valence-corrected chi connectivity index (χ1v) is 10.5. The maximum absolute atomic E-state index is 12.8. The molecule has 0 aromatic heterocycles. The summed E-state index contributed by atoms with van der Waals surface area (Å²) in [6.45, 7) is 1.81. The highest BCUT2D eigenvalue weighted by Gasteiger charge is 2.59. The van der Waals surface area contributed by atoms with E-state index in [1.165, 1.54) is 18.2 Å². The predicted molar refractivity (Wildman–Crippen MR) is 116 cm³/mol. The third-order valence-electron chi connectivity index (χ3n) is 6.43. The van der Waals surface area contributed by atoms with E-state index in [0.29, 0.717) is 0 Å². The van der Waals surface area contributed by atoms with Gasteiger partial charge in [-0.3, -0.25) is 19.7 Å². The van der Waals surface area contributed by atoms with Gasteiger partial charge in [-0.05, 0) is 43.4 Å². The van der Waals surface area contributed by atoms with E-state index in [0.717, 1.165) is 23.2 Å². The maximum atomic E-state index is 12.8. The molecule has 0 radical (unpaired) electrons. The Bertz CT molecular complexity index is 1240. The lowest BCUT2D eigenvalue weighted by Gasteiger charge is -2.13. The first kappa shape index (κ1) is 20.7. The molecule has 2 amide bonds. The van der Waals surface area contributed by atoms with Crippen LogP contribution in [0.5, 0.6) is 5.75 Å². The Morgan fingerprint density at radius 3 is 2.42 bits per heavy atom. The van der Waals surface area contributed by atoms with Gasteiger partial charge in [0.2, 0.25) is 5.75 Å². The topological polar surface area (TPSA) is 119 Å². The van der Waals surface area contributed by atoms with Crippen molar-refractivity contribution < 1.29 is 24.0 Å². The van der Waals surface area contributed by atoms with Gasteiger partial charge in [-0.15, -0.1) is 0 Å². The van der Waals surface area contributed by atoms with Crippen molar-refractivity contribution in [2.45, 2.75) is 13.3 Å². The van der Waals surface area contributed by atoms with Gasteiger partial charge in [-0.25, -0.2) is 4.79 Å². The number of hydrogen-bond acceptors (Lipinski definition) is 7. The van der Waals surface area contributed by atoms with Crippen LogP contribution in [0.4, 0.5) is 5.69 Å². The van der Waals surface area contributed by atoms with Crippen molar-refractivity contribution in [3.8, 4) is 5.75 Å². The zero-order valence-corrected chi connectivity index (χ0v) is 17.6. The number of hydrogen-bond donors (Lipinski definition) is 0. The SMILES string of the molecule is Cc1cccc(C(=O)Oc2c(C=NN3C(=O)[C@@H]4[C@H](C3=O)[C@H]3C=C[C@H]4C3)cccc2[N+](=O)[O-])c1. The quantitative estimate of drug-likeness (QED) is 0.133. The molecule has 9 nitrogen and oxygen atoms in total. The third kappa shape index (κ3) is 3.42. The molecule has 2 aromatic carbocycles. The third-order valence-corrected chi connectivity index (χ3v) is 6.43. The molecule has 0 spiro atoms. The fourth-order valence-corrected chi connectivity index (χ4v) is 4.94. The monoisotopic (exact) mass is 445 g/mol. The number of imide groups is 1. The Hall–Kier alpha value is -4.14. The molecule has 0 unspecified atom stereocenters. The second-order valence-electron chi connectivity index (χ2n) is 8.44. The van der Waals surface area contributed by atoms with Crippen LogP contribution in [0.15, 0.2) is 59.7 Å². The summed E-state index contributed by atoms with van der Waals surface area (Å²) in [4.78, 5) is 49.2. The molecule has 5 rings (SSSR count). The molecule has 1 aliphatic heterocycles. The Morgan fingerprint density at radius 2 is 1.79 bits per heavy atom. The van der Waals surface area contributed by atoms with Gasteiger partial charge in [0.1, 0.15) is 0 Å². The number of hydrazone groups is 1. The number of fused-ring (bicyclic) bond motifs is 5. The lowest BCUT2D eigenvalue weighted by Crippen LogP contribution is -2.28. The number of aryl methyl sites for hydroxylation is 1. The van der Waals surface area contributed by atoms with Crippen LogP contribution in [-0.4, -0.2) is 33.9 Å². The molecule has 1 saturated carbocycles. The maximum Gasteiger partial charge on any atom is 0.343 e. The highest BCUT2D eigenvalue weighted by molar-refractivity contribution is 6.07. The van der Waals surface area contributed by atoms with Gasteiger partial charge in [-0.1, -0.05) is 35.9 Å². The largest absolute Gasteiger partial charge is 0.415 e. The molecular weight excluding hydrogens is 426 g/mol. The number of para-hydroxylation sites is 1. The summed E-state index contributed by atoms with van der Waals surface area (Å²) < 4.78 is 5.40. The van der Waals surface area contributed by atoms with Crippen molar-refractivity contribution in [3.05, 3.63) is 81.4 Å². The molecule has 3 aliphatic rings. The van der Waals surface area contributed by atoms with Crippen molar-refractivity contribution in [1.82, 2.24) is 5.01 Å². The zero-order chi connectivity index (χ0) is 23.3. The summed E-state index contributed by atoms with van der Waals surface area (Å²) in [5, 5.41) is 16.5. The first-order valence-electron chi connectivity index (χ1n) is 10.5. The molecule has 166 valence electrons. The standard InChI is InChI=1S/C24H19N3O6/c1-13-4-2-5-16(10-13)24(30)33-21-17(6-3-7-18(21)27(31)32)12-25-26-22(28)19-14-8-9-15(11-14)20(19)23(26)29/h2-10,12,14-15,19-20H,11H2,1H3/t14-,15-,19-,20+/m0/s1. The van der Waals surface area contributed by atoms with Gasteiger partial charge in [0.25, 0.3) is 11.8 Å². The van der Waals surface area contributed by atoms with E-state index in [1.54, 1.807) is 31.2 Å². The summed E-state index contributed by atoms with van der Waals surface area (Å²) in [7, 11) is 0. The summed E-state index contributed by atoms with van der Waals surface area (Å²) in [5.41, 5.74) is 0.729. The minimum absolute atomic E-state index is 0.0420. The Labute approximate surface area is 188 Å². The van der Waals surface area contributed by atoms with Crippen molar-refractivity contribution in [2.75, 3.05) is 0 Å². The van der Waals surface area contributed by atoms with Gasteiger partial charge < -0.3 is 4.74 Å². The normalized spacial score (nSPS) is 25.2. The first-order chi connectivity index (χ1) is 15.8. The second kappa shape index (κ2) is 7.77. The average Bonchev–Trinajstić information content (AvgIpc) is 3.47. The number of amides is 2. The molecule has 4 atom stereocenters. The van der Waals surface area contributed by atoms with Crippen molar-refractivity contribution >= 4 is 29.7 Å². The minimum atomic E-state index is -0.770. The van der Waals surface area contributed by atoms with Gasteiger partial charge >= 0.3 is 11.7 Å². The Balaban J connectivity index is 1.45. The van der Waals surface area contributed by atoms with Crippen molar-refractivity contribution in [1.29, 1.82) is 0 Å². The molecule has 2 aliphatic carbocycles. The molecule has 33 heavy (non-hydrogen) atoms. The van der Waals surface area contributed by atoms with E-state index < -0.39 is 28.4 Å². The van der Waals surface area contributed by atoms with Crippen LogP contribution in [0.25, 0.3) is 0 Å². The highest BCUT2D eigenvalue weighted by atomic mass is 16.6. The van der Waals surface area contributed by atoms with Crippen LogP contribution >= 0.6 is 0 Å². The number of carbonyl (C=O) groups excluding carboxylic acids is 3. The molecule has 1 heterocycles. The van der Waals surface area contributed by atoms with Crippen molar-refractivity contribution in [3.63, 3.8) is 0 Å². The summed E-state index contributed by atoms with van der Waals surface area (Å²) in [6, 6.07) is 10.7. The molecule has 2 aromatic rings. The molecule has 9 heteroatoms. The van der Waals surface area contributed by atoms with Crippen LogP contribution in [0.3, 0.4) is 0 Å². The van der Waals surface area contributed by atoms with Gasteiger partial charge in [0.15, 0.2) is 0 Å². The number of carbonyl (C=O) groups is 3. The zero-order valence-electron chi connectivity index (χ0n) is 17.6. The lowest BCUT2D eigenvalue weighted by atomic mass is 9.85. The number of esters is 1.